The Morgan fingerprint density at radius 3 is 2.62 bits per heavy atom. The monoisotopic (exact) mass is 182 g/mol. The van der Waals surface area contributed by atoms with Gasteiger partial charge in [0.2, 0.25) is 0 Å². The van der Waals surface area contributed by atoms with Gasteiger partial charge in [0.05, 0.1) is 6.04 Å². The van der Waals surface area contributed by atoms with Gasteiger partial charge in [-0.05, 0) is 40.8 Å². The zero-order chi connectivity index (χ0) is 9.84. The van der Waals surface area contributed by atoms with E-state index in [2.05, 4.69) is 22.3 Å². The molecule has 0 radical (unpaired) electrons. The van der Waals surface area contributed by atoms with E-state index >= 15 is 0 Å². The summed E-state index contributed by atoms with van der Waals surface area (Å²) in [6.07, 6.45) is 1.08. The first-order chi connectivity index (χ1) is 6.15. The topological polar surface area (TPSA) is 42.7 Å². The number of rotatable bonds is 4. The molecule has 74 valence electrons. The van der Waals surface area contributed by atoms with Gasteiger partial charge in [0.15, 0.2) is 0 Å². The van der Waals surface area contributed by atoms with E-state index in [9.17, 15) is 0 Å². The van der Waals surface area contributed by atoms with E-state index in [1.807, 2.05) is 25.6 Å². The highest BCUT2D eigenvalue weighted by Gasteiger charge is 2.09. The molecule has 4 nitrogen and oxygen atoms in total. The molecule has 1 aromatic heterocycles. The van der Waals surface area contributed by atoms with Crippen LogP contribution in [0.25, 0.3) is 0 Å². The second-order valence-corrected chi connectivity index (χ2v) is 3.39. The highest BCUT2D eigenvalue weighted by atomic mass is 15.4. The van der Waals surface area contributed by atoms with Crippen LogP contribution in [0.2, 0.25) is 0 Å². The predicted molar refractivity (Wildman–Crippen MR) is 52.8 cm³/mol. The standard InChI is InChI=1S/C9H18N4/c1-7(5-6-10-4)13-9(3)11-8(2)12-13/h7,10H,5-6H2,1-4H3. The second kappa shape index (κ2) is 4.37. The van der Waals surface area contributed by atoms with Gasteiger partial charge in [-0.25, -0.2) is 9.67 Å². The third-order valence-corrected chi connectivity index (χ3v) is 2.14. The van der Waals surface area contributed by atoms with Gasteiger partial charge in [-0.1, -0.05) is 0 Å². The summed E-state index contributed by atoms with van der Waals surface area (Å²) >= 11 is 0. The molecule has 1 rings (SSSR count). The average Bonchev–Trinajstić information content (AvgIpc) is 2.41. The number of nitrogens with one attached hydrogen (secondary N) is 1. The van der Waals surface area contributed by atoms with Crippen molar-refractivity contribution >= 4 is 0 Å². The summed E-state index contributed by atoms with van der Waals surface area (Å²) in [6.45, 7) is 7.10. The highest BCUT2D eigenvalue weighted by molar-refractivity contribution is 4.89. The molecule has 1 atom stereocenters. The van der Waals surface area contributed by atoms with Crippen LogP contribution < -0.4 is 5.32 Å². The minimum atomic E-state index is 0.425. The van der Waals surface area contributed by atoms with E-state index in [4.69, 9.17) is 0 Å². The summed E-state index contributed by atoms with van der Waals surface area (Å²) in [5, 5.41) is 7.47. The molecule has 4 heteroatoms. The van der Waals surface area contributed by atoms with Crippen LogP contribution in [-0.4, -0.2) is 28.4 Å². The third-order valence-electron chi connectivity index (χ3n) is 2.14. The molecule has 0 aliphatic heterocycles. The smallest absolute Gasteiger partial charge is 0.147 e. The van der Waals surface area contributed by atoms with Crippen molar-refractivity contribution in [1.29, 1.82) is 0 Å². The van der Waals surface area contributed by atoms with Gasteiger partial charge in [0.25, 0.3) is 0 Å². The molecule has 0 amide bonds. The van der Waals surface area contributed by atoms with Crippen LogP contribution in [-0.2, 0) is 0 Å². The van der Waals surface area contributed by atoms with E-state index in [1.165, 1.54) is 0 Å². The summed E-state index contributed by atoms with van der Waals surface area (Å²) in [5.74, 6) is 1.86. The lowest BCUT2D eigenvalue weighted by molar-refractivity contribution is 0.440. The summed E-state index contributed by atoms with van der Waals surface area (Å²) in [5.41, 5.74) is 0. The van der Waals surface area contributed by atoms with Crippen molar-refractivity contribution in [3.05, 3.63) is 11.6 Å². The minimum Gasteiger partial charge on any atom is -0.320 e. The largest absolute Gasteiger partial charge is 0.320 e. The lowest BCUT2D eigenvalue weighted by Crippen LogP contribution is -2.16. The van der Waals surface area contributed by atoms with Gasteiger partial charge in [0.1, 0.15) is 11.6 Å². The van der Waals surface area contributed by atoms with Crippen molar-refractivity contribution in [2.24, 2.45) is 0 Å². The summed E-state index contributed by atoms with van der Waals surface area (Å²) in [7, 11) is 1.96. The number of aromatic nitrogens is 3. The fraction of sp³-hybridized carbons (Fsp3) is 0.778. The van der Waals surface area contributed by atoms with E-state index in [0.29, 0.717) is 6.04 Å². The lowest BCUT2D eigenvalue weighted by Gasteiger charge is -2.12. The highest BCUT2D eigenvalue weighted by Crippen LogP contribution is 2.10. The number of nitrogens with zero attached hydrogens (tertiary/aromatic N) is 3. The van der Waals surface area contributed by atoms with Crippen LogP contribution in [0.15, 0.2) is 0 Å². The molecule has 13 heavy (non-hydrogen) atoms. The van der Waals surface area contributed by atoms with E-state index in [1.54, 1.807) is 0 Å². The first-order valence-corrected chi connectivity index (χ1v) is 4.69. The first-order valence-electron chi connectivity index (χ1n) is 4.69. The maximum atomic E-state index is 4.34. The van der Waals surface area contributed by atoms with E-state index < -0.39 is 0 Å². The molecule has 0 saturated carbocycles. The fourth-order valence-electron chi connectivity index (χ4n) is 1.43. The SMILES string of the molecule is CNCCC(C)n1nc(C)nc1C. The van der Waals surface area contributed by atoms with Crippen molar-refractivity contribution in [2.75, 3.05) is 13.6 Å². The van der Waals surface area contributed by atoms with Gasteiger partial charge in [-0.15, -0.1) is 0 Å². The Morgan fingerprint density at radius 2 is 2.15 bits per heavy atom. The quantitative estimate of drug-likeness (QED) is 0.757. The van der Waals surface area contributed by atoms with Crippen molar-refractivity contribution in [3.8, 4) is 0 Å². The van der Waals surface area contributed by atoms with Crippen molar-refractivity contribution in [3.63, 3.8) is 0 Å². The van der Waals surface area contributed by atoms with E-state index in [0.717, 1.165) is 24.6 Å². The zero-order valence-electron chi connectivity index (χ0n) is 8.83. The Labute approximate surface area is 79.4 Å². The normalized spacial score (nSPS) is 13.2. The zero-order valence-corrected chi connectivity index (χ0v) is 8.83. The predicted octanol–water partition coefficient (Wildman–Crippen LogP) is 1.07. The molecule has 1 aromatic rings. The Balaban J connectivity index is 2.64. The lowest BCUT2D eigenvalue weighted by atomic mass is 10.2. The summed E-state index contributed by atoms with van der Waals surface area (Å²) < 4.78 is 1.99. The van der Waals surface area contributed by atoms with Crippen molar-refractivity contribution < 1.29 is 0 Å². The van der Waals surface area contributed by atoms with Crippen LogP contribution in [0.5, 0.6) is 0 Å². The molecule has 0 spiro atoms. The molecule has 1 unspecified atom stereocenters. The summed E-state index contributed by atoms with van der Waals surface area (Å²) in [6, 6.07) is 0.425. The third kappa shape index (κ3) is 2.52. The molecule has 1 heterocycles. The van der Waals surface area contributed by atoms with Crippen LogP contribution in [0.3, 0.4) is 0 Å². The van der Waals surface area contributed by atoms with Crippen LogP contribution in [0.4, 0.5) is 0 Å². The molecule has 0 fully saturated rings. The van der Waals surface area contributed by atoms with Gasteiger partial charge in [-0.2, -0.15) is 5.10 Å². The average molecular weight is 182 g/mol. The maximum absolute atomic E-state index is 4.34. The molecule has 0 aliphatic rings. The van der Waals surface area contributed by atoms with Crippen molar-refractivity contribution in [1.82, 2.24) is 20.1 Å². The van der Waals surface area contributed by atoms with E-state index in [-0.39, 0.29) is 0 Å². The molecular formula is C9H18N4. The minimum absolute atomic E-state index is 0.425. The molecule has 1 N–H and O–H groups in total. The Hall–Kier alpha value is -0.900. The second-order valence-electron chi connectivity index (χ2n) is 3.39. The molecule has 0 bridgehead atoms. The Kier molecular flexibility index (Phi) is 3.42. The molecule has 0 saturated heterocycles. The summed E-state index contributed by atoms with van der Waals surface area (Å²) in [4.78, 5) is 4.27. The number of aryl methyl sites for hydroxylation is 2. The van der Waals surface area contributed by atoms with Gasteiger partial charge in [-0.3, -0.25) is 0 Å². The van der Waals surface area contributed by atoms with Gasteiger partial charge < -0.3 is 5.32 Å². The molecular weight excluding hydrogens is 164 g/mol. The van der Waals surface area contributed by atoms with Crippen LogP contribution in [0.1, 0.15) is 31.0 Å². The fourth-order valence-corrected chi connectivity index (χ4v) is 1.43. The first kappa shape index (κ1) is 10.2. The van der Waals surface area contributed by atoms with Crippen molar-refractivity contribution in [2.45, 2.75) is 33.2 Å². The number of hydrogen-bond donors (Lipinski definition) is 1. The number of hydrogen-bond acceptors (Lipinski definition) is 3. The molecule has 0 aliphatic carbocycles. The maximum Gasteiger partial charge on any atom is 0.147 e. The van der Waals surface area contributed by atoms with Gasteiger partial charge in [0, 0.05) is 0 Å². The van der Waals surface area contributed by atoms with Gasteiger partial charge >= 0.3 is 0 Å². The van der Waals surface area contributed by atoms with Crippen LogP contribution in [0, 0.1) is 13.8 Å². The van der Waals surface area contributed by atoms with Crippen LogP contribution >= 0.6 is 0 Å². The Bertz CT molecular complexity index is 267. The molecule has 0 aromatic carbocycles. The Morgan fingerprint density at radius 1 is 1.46 bits per heavy atom.